The molecule has 0 aliphatic heterocycles. The highest BCUT2D eigenvalue weighted by atomic mass is 16.5. The third-order valence-electron chi connectivity index (χ3n) is 1.47. The van der Waals surface area contributed by atoms with Crippen molar-refractivity contribution < 1.29 is 14.3 Å². The van der Waals surface area contributed by atoms with E-state index in [1.807, 2.05) is 0 Å². The van der Waals surface area contributed by atoms with Gasteiger partial charge < -0.3 is 9.47 Å². The van der Waals surface area contributed by atoms with Crippen molar-refractivity contribution in [3.05, 3.63) is 11.6 Å². The summed E-state index contributed by atoms with van der Waals surface area (Å²) in [6.07, 6.45) is 1.73. The second-order valence-electron chi connectivity index (χ2n) is 3.31. The molecule has 0 atom stereocenters. The second-order valence-corrected chi connectivity index (χ2v) is 3.31. The first-order valence-corrected chi connectivity index (χ1v) is 4.40. The maximum atomic E-state index is 10.9. The quantitative estimate of drug-likeness (QED) is 0.373. The van der Waals surface area contributed by atoms with Crippen molar-refractivity contribution in [1.29, 1.82) is 0 Å². The number of esters is 1. The van der Waals surface area contributed by atoms with Gasteiger partial charge in [0.15, 0.2) is 0 Å². The summed E-state index contributed by atoms with van der Waals surface area (Å²) < 4.78 is 9.80. The Morgan fingerprint density at radius 2 is 2.08 bits per heavy atom. The molecule has 0 aliphatic rings. The number of ether oxygens (including phenoxy) is 2. The predicted molar refractivity (Wildman–Crippen MR) is 51.4 cm³/mol. The summed E-state index contributed by atoms with van der Waals surface area (Å²) in [5.74, 6) is 0.222. The molecule has 0 saturated heterocycles. The Kier molecular flexibility index (Phi) is 6.24. The van der Waals surface area contributed by atoms with Gasteiger partial charge in [-0.15, -0.1) is 0 Å². The van der Waals surface area contributed by atoms with Crippen LogP contribution < -0.4 is 0 Å². The maximum absolute atomic E-state index is 10.9. The smallest absolute Gasteiger partial charge is 0.333 e. The van der Waals surface area contributed by atoms with Gasteiger partial charge in [-0.25, -0.2) is 4.79 Å². The Morgan fingerprint density at radius 1 is 1.46 bits per heavy atom. The van der Waals surface area contributed by atoms with E-state index in [0.29, 0.717) is 24.7 Å². The van der Waals surface area contributed by atoms with Crippen molar-refractivity contribution in [3.63, 3.8) is 0 Å². The molecular weight excluding hydrogens is 168 g/mol. The molecular formula is C10H18O3. The molecule has 0 spiro atoms. The highest BCUT2D eigenvalue weighted by Crippen LogP contribution is 1.97. The summed E-state index contributed by atoms with van der Waals surface area (Å²) in [4.78, 5) is 10.9. The van der Waals surface area contributed by atoms with Gasteiger partial charge in [0.05, 0.1) is 13.7 Å². The number of methoxy groups -OCH3 is 1. The van der Waals surface area contributed by atoms with Crippen LogP contribution in [0.1, 0.15) is 20.8 Å². The Morgan fingerprint density at radius 3 is 2.54 bits per heavy atom. The Labute approximate surface area is 79.7 Å². The first-order valence-electron chi connectivity index (χ1n) is 4.40. The molecule has 0 aliphatic carbocycles. The molecule has 0 amide bonds. The summed E-state index contributed by atoms with van der Waals surface area (Å²) >= 11 is 0. The van der Waals surface area contributed by atoms with Crippen LogP contribution in [0.2, 0.25) is 0 Å². The van der Waals surface area contributed by atoms with Gasteiger partial charge in [-0.05, 0) is 18.9 Å². The average Bonchev–Trinajstić information content (AvgIpc) is 2.10. The first-order chi connectivity index (χ1) is 6.07. The van der Waals surface area contributed by atoms with Crippen LogP contribution >= 0.6 is 0 Å². The van der Waals surface area contributed by atoms with Crippen LogP contribution in [0.15, 0.2) is 11.6 Å². The van der Waals surface area contributed by atoms with E-state index in [2.05, 4.69) is 18.6 Å². The molecule has 0 bridgehead atoms. The van der Waals surface area contributed by atoms with Crippen molar-refractivity contribution in [3.8, 4) is 0 Å². The Hall–Kier alpha value is -0.830. The fourth-order valence-corrected chi connectivity index (χ4v) is 0.732. The van der Waals surface area contributed by atoms with E-state index < -0.39 is 0 Å². The number of rotatable bonds is 5. The van der Waals surface area contributed by atoms with E-state index in [0.717, 1.165) is 0 Å². The van der Waals surface area contributed by atoms with Crippen LogP contribution in [0.4, 0.5) is 0 Å². The van der Waals surface area contributed by atoms with Gasteiger partial charge >= 0.3 is 5.97 Å². The molecule has 0 unspecified atom stereocenters. The van der Waals surface area contributed by atoms with Crippen molar-refractivity contribution in [2.45, 2.75) is 20.8 Å². The number of hydrogen-bond donors (Lipinski definition) is 0. The second kappa shape index (κ2) is 6.66. The van der Waals surface area contributed by atoms with E-state index in [4.69, 9.17) is 4.74 Å². The predicted octanol–water partition coefficient (Wildman–Crippen LogP) is 1.78. The van der Waals surface area contributed by atoms with Gasteiger partial charge in [0.25, 0.3) is 0 Å². The monoisotopic (exact) mass is 186 g/mol. The largest absolute Gasteiger partial charge is 0.466 e. The fraction of sp³-hybridized carbons (Fsp3) is 0.700. The van der Waals surface area contributed by atoms with Crippen molar-refractivity contribution in [1.82, 2.24) is 0 Å². The van der Waals surface area contributed by atoms with Crippen LogP contribution in [0.5, 0.6) is 0 Å². The lowest BCUT2D eigenvalue weighted by molar-refractivity contribution is -0.136. The van der Waals surface area contributed by atoms with Gasteiger partial charge in [0, 0.05) is 12.2 Å². The molecule has 0 saturated carbocycles. The van der Waals surface area contributed by atoms with Gasteiger partial charge in [-0.1, -0.05) is 13.8 Å². The number of carbonyl (C=O) groups is 1. The lowest BCUT2D eigenvalue weighted by Gasteiger charge is -2.04. The molecule has 0 aromatic carbocycles. The molecule has 0 rings (SSSR count). The van der Waals surface area contributed by atoms with E-state index in [9.17, 15) is 4.79 Å². The Bertz CT molecular complexity index is 183. The number of hydrogen-bond acceptors (Lipinski definition) is 3. The zero-order chi connectivity index (χ0) is 10.3. The normalized spacial score (nSPS) is 11.9. The van der Waals surface area contributed by atoms with Crippen LogP contribution in [0.3, 0.4) is 0 Å². The third-order valence-corrected chi connectivity index (χ3v) is 1.47. The van der Waals surface area contributed by atoms with Gasteiger partial charge in [0.2, 0.25) is 0 Å². The highest BCUT2D eigenvalue weighted by Gasteiger charge is 2.01. The summed E-state index contributed by atoms with van der Waals surface area (Å²) in [5, 5.41) is 0. The minimum absolute atomic E-state index is 0.298. The SMILES string of the molecule is COC(=O)C(C)=CCOCC(C)C. The lowest BCUT2D eigenvalue weighted by atomic mass is 10.2. The van der Waals surface area contributed by atoms with E-state index in [1.54, 1.807) is 13.0 Å². The number of carbonyl (C=O) groups excluding carboxylic acids is 1. The van der Waals surface area contributed by atoms with Gasteiger partial charge in [0.1, 0.15) is 0 Å². The summed E-state index contributed by atoms with van der Waals surface area (Å²) in [6, 6.07) is 0. The van der Waals surface area contributed by atoms with Crippen molar-refractivity contribution >= 4 is 5.97 Å². The highest BCUT2D eigenvalue weighted by molar-refractivity contribution is 5.87. The topological polar surface area (TPSA) is 35.5 Å². The third kappa shape index (κ3) is 6.34. The molecule has 0 N–H and O–H groups in total. The van der Waals surface area contributed by atoms with Crippen LogP contribution in [-0.2, 0) is 14.3 Å². The molecule has 13 heavy (non-hydrogen) atoms. The van der Waals surface area contributed by atoms with E-state index in [-0.39, 0.29) is 5.97 Å². The molecule has 0 aromatic heterocycles. The molecule has 0 fully saturated rings. The van der Waals surface area contributed by atoms with Crippen LogP contribution in [0, 0.1) is 5.92 Å². The van der Waals surface area contributed by atoms with Crippen molar-refractivity contribution in [2.75, 3.05) is 20.3 Å². The van der Waals surface area contributed by atoms with Crippen LogP contribution in [-0.4, -0.2) is 26.3 Å². The zero-order valence-electron chi connectivity index (χ0n) is 8.79. The van der Waals surface area contributed by atoms with Crippen LogP contribution in [0.25, 0.3) is 0 Å². The summed E-state index contributed by atoms with van der Waals surface area (Å²) in [5.41, 5.74) is 0.589. The fourth-order valence-electron chi connectivity index (χ4n) is 0.732. The van der Waals surface area contributed by atoms with Gasteiger partial charge in [-0.3, -0.25) is 0 Å². The summed E-state index contributed by atoms with van der Waals surface area (Å²) in [6.45, 7) is 7.06. The molecule has 76 valence electrons. The molecule has 3 heteroatoms. The summed E-state index contributed by atoms with van der Waals surface area (Å²) in [7, 11) is 1.37. The van der Waals surface area contributed by atoms with Crippen molar-refractivity contribution in [2.24, 2.45) is 5.92 Å². The molecule has 0 radical (unpaired) electrons. The first kappa shape index (κ1) is 12.2. The lowest BCUT2D eigenvalue weighted by Crippen LogP contribution is -2.05. The molecule has 0 aromatic rings. The van der Waals surface area contributed by atoms with E-state index in [1.165, 1.54) is 7.11 Å². The molecule has 3 nitrogen and oxygen atoms in total. The Balaban J connectivity index is 3.65. The average molecular weight is 186 g/mol. The van der Waals surface area contributed by atoms with Gasteiger partial charge in [-0.2, -0.15) is 0 Å². The standard InChI is InChI=1S/C10H18O3/c1-8(2)7-13-6-5-9(3)10(11)12-4/h5,8H,6-7H2,1-4H3. The minimum Gasteiger partial charge on any atom is -0.466 e. The maximum Gasteiger partial charge on any atom is 0.333 e. The minimum atomic E-state index is -0.298. The van der Waals surface area contributed by atoms with E-state index >= 15 is 0 Å². The molecule has 0 heterocycles. The zero-order valence-corrected chi connectivity index (χ0v) is 8.79.